The van der Waals surface area contributed by atoms with Gasteiger partial charge in [0.15, 0.2) is 0 Å². The van der Waals surface area contributed by atoms with Crippen molar-refractivity contribution in [3.05, 3.63) is 0 Å². The highest BCUT2D eigenvalue weighted by molar-refractivity contribution is 7.87. The van der Waals surface area contributed by atoms with Gasteiger partial charge in [-0.3, -0.25) is 4.90 Å². The van der Waals surface area contributed by atoms with Crippen molar-refractivity contribution in [3.63, 3.8) is 0 Å². The molecule has 24 heavy (non-hydrogen) atoms. The van der Waals surface area contributed by atoms with Crippen molar-refractivity contribution in [2.75, 3.05) is 39.8 Å². The van der Waals surface area contributed by atoms with E-state index in [0.717, 1.165) is 32.1 Å². The molecular weight excluding hydrogens is 345 g/mol. The lowest BCUT2D eigenvalue weighted by atomic mass is 9.96. The van der Waals surface area contributed by atoms with Crippen LogP contribution in [0.25, 0.3) is 0 Å². The summed E-state index contributed by atoms with van der Waals surface area (Å²) in [5.74, 6) is 0. The molecule has 1 atom stereocenters. The highest BCUT2D eigenvalue weighted by Crippen LogP contribution is 2.26. The molecule has 2 N–H and O–H groups in total. The van der Waals surface area contributed by atoms with E-state index in [0.29, 0.717) is 13.1 Å². The highest BCUT2D eigenvalue weighted by atomic mass is 32.2. The van der Waals surface area contributed by atoms with E-state index in [9.17, 15) is 21.6 Å². The molecule has 2 aliphatic rings. The van der Waals surface area contributed by atoms with Crippen LogP contribution < -0.4 is 10.0 Å². The van der Waals surface area contributed by atoms with Gasteiger partial charge in [0.05, 0.1) is 0 Å². The molecule has 0 spiro atoms. The van der Waals surface area contributed by atoms with Gasteiger partial charge in [-0.15, -0.1) is 0 Å². The minimum Gasteiger partial charge on any atom is -0.314 e. The molecule has 2 rings (SSSR count). The number of alkyl halides is 3. The zero-order valence-electron chi connectivity index (χ0n) is 14.0. The molecule has 1 aliphatic carbocycles. The number of piperazine rings is 1. The summed E-state index contributed by atoms with van der Waals surface area (Å²) in [6.07, 6.45) is 0.0446. The first-order valence-corrected chi connectivity index (χ1v) is 9.90. The molecule has 0 amide bonds. The van der Waals surface area contributed by atoms with Crippen molar-refractivity contribution >= 4 is 10.2 Å². The van der Waals surface area contributed by atoms with Crippen molar-refractivity contribution in [2.24, 2.45) is 0 Å². The van der Waals surface area contributed by atoms with Gasteiger partial charge in [-0.05, 0) is 12.8 Å². The van der Waals surface area contributed by atoms with E-state index in [4.69, 9.17) is 0 Å². The Morgan fingerprint density at radius 1 is 1.21 bits per heavy atom. The SMILES string of the molecule is CN(C1CCCCC1)S(=O)(=O)NCC(N1CCNCC1)C(F)(F)F. The molecule has 142 valence electrons. The first-order chi connectivity index (χ1) is 11.2. The van der Waals surface area contributed by atoms with Crippen molar-refractivity contribution < 1.29 is 21.6 Å². The Labute approximate surface area is 141 Å². The van der Waals surface area contributed by atoms with E-state index >= 15 is 0 Å². The van der Waals surface area contributed by atoms with Crippen LogP contribution in [-0.2, 0) is 10.2 Å². The van der Waals surface area contributed by atoms with Gasteiger partial charge in [-0.1, -0.05) is 19.3 Å². The molecule has 0 aromatic heterocycles. The molecular formula is C14H27F3N4O2S. The summed E-state index contributed by atoms with van der Waals surface area (Å²) in [7, 11) is -2.46. The number of hydrogen-bond acceptors (Lipinski definition) is 4. The van der Waals surface area contributed by atoms with Gasteiger partial charge in [0.2, 0.25) is 0 Å². The zero-order valence-corrected chi connectivity index (χ0v) is 14.8. The lowest BCUT2D eigenvalue weighted by Gasteiger charge is -2.36. The molecule has 1 saturated heterocycles. The van der Waals surface area contributed by atoms with Gasteiger partial charge >= 0.3 is 6.18 Å². The quantitative estimate of drug-likeness (QED) is 0.728. The molecule has 0 bridgehead atoms. The van der Waals surface area contributed by atoms with Gasteiger partial charge < -0.3 is 5.32 Å². The minimum atomic E-state index is -4.47. The number of hydrogen-bond donors (Lipinski definition) is 2. The normalized spacial score (nSPS) is 23.5. The summed E-state index contributed by atoms with van der Waals surface area (Å²) in [5.41, 5.74) is 0. The average Bonchev–Trinajstić information content (AvgIpc) is 2.54. The zero-order chi connectivity index (χ0) is 17.8. The van der Waals surface area contributed by atoms with Crippen molar-refractivity contribution in [2.45, 2.75) is 50.4 Å². The third kappa shape index (κ3) is 5.29. The molecule has 0 radical (unpaired) electrons. The summed E-state index contributed by atoms with van der Waals surface area (Å²) in [6.45, 7) is 0.806. The molecule has 0 aromatic carbocycles. The fourth-order valence-electron chi connectivity index (χ4n) is 3.37. The van der Waals surface area contributed by atoms with Gasteiger partial charge in [0, 0.05) is 45.8 Å². The summed E-state index contributed by atoms with van der Waals surface area (Å²) in [6, 6.07) is -1.92. The lowest BCUT2D eigenvalue weighted by Crippen LogP contribution is -2.58. The smallest absolute Gasteiger partial charge is 0.314 e. The predicted octanol–water partition coefficient (Wildman–Crippen LogP) is 0.921. The topological polar surface area (TPSA) is 64.7 Å². The van der Waals surface area contributed by atoms with E-state index in [1.54, 1.807) is 0 Å². The number of nitrogens with one attached hydrogen (secondary N) is 2. The fourth-order valence-corrected chi connectivity index (χ4v) is 4.55. The van der Waals surface area contributed by atoms with Crippen LogP contribution in [0, 0.1) is 0 Å². The number of halogens is 3. The third-order valence-corrected chi connectivity index (χ3v) is 6.49. The third-order valence-electron chi connectivity index (χ3n) is 4.90. The summed E-state index contributed by atoms with van der Waals surface area (Å²) in [5, 5.41) is 3.00. The Kier molecular flexibility index (Phi) is 6.89. The second-order valence-corrected chi connectivity index (χ2v) is 8.32. The van der Waals surface area contributed by atoms with Crippen LogP contribution in [0.2, 0.25) is 0 Å². The Hall–Kier alpha value is -0.420. The Morgan fingerprint density at radius 2 is 1.79 bits per heavy atom. The van der Waals surface area contributed by atoms with Crippen LogP contribution in [0.3, 0.4) is 0 Å². The largest absolute Gasteiger partial charge is 0.405 e. The Bertz CT molecular complexity index is 489. The fraction of sp³-hybridized carbons (Fsp3) is 1.00. The van der Waals surface area contributed by atoms with Crippen LogP contribution in [0.1, 0.15) is 32.1 Å². The maximum atomic E-state index is 13.3. The van der Waals surface area contributed by atoms with Crippen LogP contribution in [0.15, 0.2) is 0 Å². The molecule has 1 unspecified atom stereocenters. The van der Waals surface area contributed by atoms with E-state index in [2.05, 4.69) is 10.0 Å². The standard InChI is InChI=1S/C14H27F3N4O2S/c1-20(12-5-3-2-4-6-12)24(22,23)19-11-13(14(15,16)17)21-9-7-18-8-10-21/h12-13,18-19H,2-11H2,1H3. The molecule has 1 saturated carbocycles. The first-order valence-electron chi connectivity index (χ1n) is 8.46. The monoisotopic (exact) mass is 372 g/mol. The molecule has 1 heterocycles. The van der Waals surface area contributed by atoms with E-state index < -0.39 is 29.0 Å². The number of nitrogens with zero attached hydrogens (tertiary/aromatic N) is 2. The molecule has 1 aliphatic heterocycles. The second kappa shape index (κ2) is 8.31. The Morgan fingerprint density at radius 3 is 2.33 bits per heavy atom. The van der Waals surface area contributed by atoms with Gasteiger partial charge in [0.1, 0.15) is 6.04 Å². The number of rotatable bonds is 6. The Balaban J connectivity index is 1.98. The molecule has 6 nitrogen and oxygen atoms in total. The molecule has 0 aromatic rings. The second-order valence-electron chi connectivity index (χ2n) is 6.50. The average molecular weight is 372 g/mol. The summed E-state index contributed by atoms with van der Waals surface area (Å²) in [4.78, 5) is 1.29. The van der Waals surface area contributed by atoms with Crippen molar-refractivity contribution in [1.29, 1.82) is 0 Å². The predicted molar refractivity (Wildman–Crippen MR) is 85.8 cm³/mol. The van der Waals surface area contributed by atoms with Crippen LogP contribution in [0.5, 0.6) is 0 Å². The summed E-state index contributed by atoms with van der Waals surface area (Å²) < 4.78 is 68.1. The van der Waals surface area contributed by atoms with Gasteiger partial charge in [-0.2, -0.15) is 25.9 Å². The first kappa shape index (κ1) is 19.9. The van der Waals surface area contributed by atoms with Crippen molar-refractivity contribution in [3.8, 4) is 0 Å². The van der Waals surface area contributed by atoms with Gasteiger partial charge in [0.25, 0.3) is 10.2 Å². The maximum Gasteiger partial charge on any atom is 0.405 e. The van der Waals surface area contributed by atoms with E-state index in [1.807, 2.05) is 0 Å². The molecule has 10 heteroatoms. The summed E-state index contributed by atoms with van der Waals surface area (Å²) >= 11 is 0. The minimum absolute atomic E-state index is 0.125. The van der Waals surface area contributed by atoms with E-state index in [1.165, 1.54) is 16.3 Å². The van der Waals surface area contributed by atoms with Gasteiger partial charge in [-0.25, -0.2) is 4.72 Å². The van der Waals surface area contributed by atoms with Crippen LogP contribution in [0.4, 0.5) is 13.2 Å². The highest BCUT2D eigenvalue weighted by Gasteiger charge is 2.44. The van der Waals surface area contributed by atoms with Crippen molar-refractivity contribution in [1.82, 2.24) is 19.2 Å². The lowest BCUT2D eigenvalue weighted by molar-refractivity contribution is -0.182. The molecule has 2 fully saturated rings. The van der Waals surface area contributed by atoms with Crippen LogP contribution in [-0.4, -0.2) is 75.7 Å². The van der Waals surface area contributed by atoms with E-state index in [-0.39, 0.29) is 19.1 Å². The maximum absolute atomic E-state index is 13.3. The van der Waals surface area contributed by atoms with Crippen LogP contribution >= 0.6 is 0 Å².